The maximum Gasteiger partial charge on any atom is 0.170 e. The summed E-state index contributed by atoms with van der Waals surface area (Å²) in [4.78, 5) is 13.0. The Morgan fingerprint density at radius 2 is 1.95 bits per heavy atom. The molecular weight excluding hydrogens is 250 g/mol. The number of benzene rings is 1. The highest BCUT2D eigenvalue weighted by Gasteiger charge is 2.37. The topological polar surface area (TPSA) is 52.3 Å². The summed E-state index contributed by atoms with van der Waals surface area (Å²) in [6, 6.07) is 5.87. The lowest BCUT2D eigenvalue weighted by Gasteiger charge is -2.30. The van der Waals surface area contributed by atoms with Gasteiger partial charge in [-0.2, -0.15) is 0 Å². The summed E-state index contributed by atoms with van der Waals surface area (Å²) in [7, 11) is 0. The van der Waals surface area contributed by atoms with Crippen LogP contribution >= 0.6 is 0 Å². The number of rotatable bonds is 3. The van der Waals surface area contributed by atoms with Crippen molar-refractivity contribution in [1.29, 1.82) is 0 Å². The Morgan fingerprint density at radius 3 is 2.65 bits per heavy atom. The molecule has 20 heavy (non-hydrogen) atoms. The first-order valence-electron chi connectivity index (χ1n) is 7.76. The lowest BCUT2D eigenvalue weighted by atomic mass is 9.74. The molecule has 3 rings (SSSR count). The van der Waals surface area contributed by atoms with E-state index in [4.69, 9.17) is 10.5 Å². The van der Waals surface area contributed by atoms with E-state index in [0.717, 1.165) is 55.6 Å². The number of carbonyl (C=O) groups excluding carboxylic acids is 1. The molecule has 0 amide bonds. The van der Waals surface area contributed by atoms with Crippen molar-refractivity contribution in [1.82, 2.24) is 0 Å². The fourth-order valence-electron chi connectivity index (χ4n) is 3.56. The van der Waals surface area contributed by atoms with Gasteiger partial charge in [0.05, 0.1) is 6.61 Å². The predicted octanol–water partition coefficient (Wildman–Crippen LogP) is 3.10. The zero-order valence-corrected chi connectivity index (χ0v) is 12.0. The van der Waals surface area contributed by atoms with Crippen molar-refractivity contribution < 1.29 is 9.53 Å². The summed E-state index contributed by atoms with van der Waals surface area (Å²) in [6.45, 7) is 1.20. The van der Waals surface area contributed by atoms with E-state index >= 15 is 0 Å². The highest BCUT2D eigenvalue weighted by atomic mass is 16.5. The molecule has 2 aliphatic rings. The first-order valence-corrected chi connectivity index (χ1v) is 7.76. The van der Waals surface area contributed by atoms with Crippen LogP contribution < -0.4 is 10.5 Å². The summed E-state index contributed by atoms with van der Waals surface area (Å²) >= 11 is 0. The molecule has 1 heterocycles. The van der Waals surface area contributed by atoms with Gasteiger partial charge in [0.15, 0.2) is 5.78 Å². The number of hydrogen-bond donors (Lipinski definition) is 1. The number of ketones is 1. The van der Waals surface area contributed by atoms with Gasteiger partial charge in [-0.3, -0.25) is 4.79 Å². The van der Waals surface area contributed by atoms with E-state index < -0.39 is 0 Å². The van der Waals surface area contributed by atoms with Crippen LogP contribution in [-0.2, 0) is 6.42 Å². The Hall–Kier alpha value is -1.35. The molecule has 0 unspecified atom stereocenters. The Kier molecular flexibility index (Phi) is 3.79. The van der Waals surface area contributed by atoms with Gasteiger partial charge < -0.3 is 10.5 Å². The van der Waals surface area contributed by atoms with Gasteiger partial charge in [-0.05, 0) is 36.6 Å². The SMILES string of the molecule is NCC1(C(=O)c2ccc3c(c2)CCO3)CCCCCC1. The van der Waals surface area contributed by atoms with Crippen molar-refractivity contribution in [3.8, 4) is 5.75 Å². The maximum absolute atomic E-state index is 13.0. The van der Waals surface area contributed by atoms with Crippen LogP contribution in [0.25, 0.3) is 0 Å². The van der Waals surface area contributed by atoms with Gasteiger partial charge in [-0.25, -0.2) is 0 Å². The highest BCUT2D eigenvalue weighted by molar-refractivity contribution is 6.01. The van der Waals surface area contributed by atoms with Gasteiger partial charge in [0.2, 0.25) is 0 Å². The second kappa shape index (κ2) is 5.57. The monoisotopic (exact) mass is 273 g/mol. The van der Waals surface area contributed by atoms with E-state index in [2.05, 4.69) is 0 Å². The molecule has 2 N–H and O–H groups in total. The van der Waals surface area contributed by atoms with E-state index in [0.29, 0.717) is 6.54 Å². The number of carbonyl (C=O) groups is 1. The van der Waals surface area contributed by atoms with Crippen molar-refractivity contribution in [2.45, 2.75) is 44.9 Å². The minimum atomic E-state index is -0.329. The van der Waals surface area contributed by atoms with Crippen LogP contribution in [0.1, 0.15) is 54.4 Å². The minimum Gasteiger partial charge on any atom is -0.493 e. The van der Waals surface area contributed by atoms with Gasteiger partial charge in [0, 0.05) is 23.9 Å². The van der Waals surface area contributed by atoms with Gasteiger partial charge in [-0.15, -0.1) is 0 Å². The third-order valence-corrected chi connectivity index (χ3v) is 4.88. The molecule has 1 aromatic rings. The van der Waals surface area contributed by atoms with Crippen LogP contribution in [0.2, 0.25) is 0 Å². The number of ether oxygens (including phenoxy) is 1. The van der Waals surface area contributed by atoms with E-state index in [1.165, 1.54) is 12.8 Å². The zero-order chi connectivity index (χ0) is 14.0. The van der Waals surface area contributed by atoms with Crippen LogP contribution in [0.3, 0.4) is 0 Å². The molecule has 0 saturated heterocycles. The van der Waals surface area contributed by atoms with Gasteiger partial charge in [0.1, 0.15) is 5.75 Å². The fourth-order valence-corrected chi connectivity index (χ4v) is 3.56. The zero-order valence-electron chi connectivity index (χ0n) is 12.0. The Balaban J connectivity index is 1.89. The van der Waals surface area contributed by atoms with Crippen molar-refractivity contribution >= 4 is 5.78 Å². The molecule has 0 radical (unpaired) electrons. The molecule has 0 spiro atoms. The number of nitrogens with two attached hydrogens (primary N) is 1. The fraction of sp³-hybridized carbons (Fsp3) is 0.588. The summed E-state index contributed by atoms with van der Waals surface area (Å²) in [5, 5.41) is 0. The molecule has 3 heteroatoms. The third kappa shape index (κ3) is 2.35. The Morgan fingerprint density at radius 1 is 1.20 bits per heavy atom. The van der Waals surface area contributed by atoms with E-state index in [1.807, 2.05) is 18.2 Å². The average Bonchev–Trinajstić information content (AvgIpc) is 2.81. The van der Waals surface area contributed by atoms with Crippen LogP contribution in [0.4, 0.5) is 0 Å². The molecule has 1 fully saturated rings. The molecule has 1 aromatic carbocycles. The van der Waals surface area contributed by atoms with Crippen LogP contribution in [-0.4, -0.2) is 18.9 Å². The maximum atomic E-state index is 13.0. The first kappa shape index (κ1) is 13.6. The molecule has 1 aliphatic heterocycles. The second-order valence-corrected chi connectivity index (χ2v) is 6.15. The average molecular weight is 273 g/mol. The molecule has 0 aromatic heterocycles. The predicted molar refractivity (Wildman–Crippen MR) is 79.2 cm³/mol. The second-order valence-electron chi connectivity index (χ2n) is 6.15. The highest BCUT2D eigenvalue weighted by Crippen LogP contribution is 2.38. The lowest BCUT2D eigenvalue weighted by molar-refractivity contribution is 0.0774. The quantitative estimate of drug-likeness (QED) is 0.680. The lowest BCUT2D eigenvalue weighted by Crippen LogP contribution is -2.38. The van der Waals surface area contributed by atoms with Crippen molar-refractivity contribution in [3.05, 3.63) is 29.3 Å². The van der Waals surface area contributed by atoms with E-state index in [-0.39, 0.29) is 11.2 Å². The van der Waals surface area contributed by atoms with Crippen molar-refractivity contribution in [3.63, 3.8) is 0 Å². The first-order chi connectivity index (χ1) is 9.75. The molecule has 0 atom stereocenters. The summed E-state index contributed by atoms with van der Waals surface area (Å²) in [5.74, 6) is 1.18. The summed E-state index contributed by atoms with van der Waals surface area (Å²) < 4.78 is 5.51. The third-order valence-electron chi connectivity index (χ3n) is 4.88. The molecule has 1 aliphatic carbocycles. The van der Waals surface area contributed by atoms with Crippen molar-refractivity contribution in [2.24, 2.45) is 11.1 Å². The molecule has 108 valence electrons. The molecule has 0 bridgehead atoms. The molecule has 1 saturated carbocycles. The van der Waals surface area contributed by atoms with E-state index in [1.54, 1.807) is 0 Å². The summed E-state index contributed by atoms with van der Waals surface area (Å²) in [6.07, 6.45) is 7.49. The normalized spacial score (nSPS) is 20.9. The van der Waals surface area contributed by atoms with Gasteiger partial charge in [0.25, 0.3) is 0 Å². The van der Waals surface area contributed by atoms with Crippen molar-refractivity contribution in [2.75, 3.05) is 13.2 Å². The molecule has 3 nitrogen and oxygen atoms in total. The largest absolute Gasteiger partial charge is 0.493 e. The summed E-state index contributed by atoms with van der Waals surface area (Å²) in [5.41, 5.74) is 7.67. The number of Topliss-reactive ketones (excluding diaryl/α,β-unsaturated/α-hetero) is 1. The van der Waals surface area contributed by atoms with Crippen LogP contribution in [0.15, 0.2) is 18.2 Å². The minimum absolute atomic E-state index is 0.247. The van der Waals surface area contributed by atoms with Crippen LogP contribution in [0.5, 0.6) is 5.75 Å². The molecular formula is C17H23NO2. The number of hydrogen-bond acceptors (Lipinski definition) is 3. The van der Waals surface area contributed by atoms with Gasteiger partial charge in [-0.1, -0.05) is 25.7 Å². The van der Waals surface area contributed by atoms with Gasteiger partial charge >= 0.3 is 0 Å². The number of fused-ring (bicyclic) bond motifs is 1. The smallest absolute Gasteiger partial charge is 0.170 e. The standard InChI is InChI=1S/C17H23NO2/c18-12-17(8-3-1-2-4-9-17)16(19)14-5-6-15-13(11-14)7-10-20-15/h5-6,11H,1-4,7-10,12,18H2. The van der Waals surface area contributed by atoms with E-state index in [9.17, 15) is 4.79 Å². The Bertz CT molecular complexity index is 502. The Labute approximate surface area is 120 Å². The van der Waals surface area contributed by atoms with Crippen LogP contribution in [0, 0.1) is 5.41 Å².